The maximum absolute atomic E-state index is 6.14. The number of furan rings is 1. The van der Waals surface area contributed by atoms with Gasteiger partial charge in [0.05, 0.1) is 20.5 Å². The SMILES string of the molecule is COc1ccc(C(N)Cc2ccco2)cc1OC. The summed E-state index contributed by atoms with van der Waals surface area (Å²) >= 11 is 0. The lowest BCUT2D eigenvalue weighted by Crippen LogP contribution is -2.13. The van der Waals surface area contributed by atoms with Gasteiger partial charge in [0.1, 0.15) is 5.76 Å². The van der Waals surface area contributed by atoms with Crippen molar-refractivity contribution in [3.8, 4) is 11.5 Å². The summed E-state index contributed by atoms with van der Waals surface area (Å²) in [5, 5.41) is 0. The molecule has 1 aromatic carbocycles. The first-order valence-electron chi connectivity index (χ1n) is 5.74. The average molecular weight is 247 g/mol. The van der Waals surface area contributed by atoms with E-state index in [1.165, 1.54) is 0 Å². The van der Waals surface area contributed by atoms with Gasteiger partial charge in [-0.05, 0) is 29.8 Å². The summed E-state index contributed by atoms with van der Waals surface area (Å²) in [6, 6.07) is 9.34. The summed E-state index contributed by atoms with van der Waals surface area (Å²) in [5.41, 5.74) is 7.13. The molecule has 0 saturated heterocycles. The van der Waals surface area contributed by atoms with Gasteiger partial charge in [-0.1, -0.05) is 6.07 Å². The first-order chi connectivity index (χ1) is 8.74. The van der Waals surface area contributed by atoms with Crippen LogP contribution in [0.1, 0.15) is 17.4 Å². The second kappa shape index (κ2) is 5.60. The molecule has 2 N–H and O–H groups in total. The Morgan fingerprint density at radius 2 is 1.94 bits per heavy atom. The monoisotopic (exact) mass is 247 g/mol. The predicted octanol–water partition coefficient (Wildman–Crippen LogP) is 2.54. The molecule has 2 rings (SSSR count). The van der Waals surface area contributed by atoms with Crippen molar-refractivity contribution >= 4 is 0 Å². The molecule has 2 aromatic rings. The normalized spacial score (nSPS) is 12.2. The number of ether oxygens (including phenoxy) is 2. The van der Waals surface area contributed by atoms with Gasteiger partial charge in [-0.25, -0.2) is 0 Å². The van der Waals surface area contributed by atoms with Crippen LogP contribution in [-0.4, -0.2) is 14.2 Å². The van der Waals surface area contributed by atoms with Gasteiger partial charge in [0.2, 0.25) is 0 Å². The molecule has 18 heavy (non-hydrogen) atoms. The van der Waals surface area contributed by atoms with E-state index in [0.717, 1.165) is 11.3 Å². The predicted molar refractivity (Wildman–Crippen MR) is 68.9 cm³/mol. The first kappa shape index (κ1) is 12.5. The van der Waals surface area contributed by atoms with E-state index in [4.69, 9.17) is 19.6 Å². The highest BCUT2D eigenvalue weighted by Gasteiger charge is 2.12. The Kier molecular flexibility index (Phi) is 3.89. The molecular weight excluding hydrogens is 230 g/mol. The van der Waals surface area contributed by atoms with Gasteiger partial charge >= 0.3 is 0 Å². The lowest BCUT2D eigenvalue weighted by atomic mass is 10.0. The van der Waals surface area contributed by atoms with Crippen molar-refractivity contribution in [1.29, 1.82) is 0 Å². The summed E-state index contributed by atoms with van der Waals surface area (Å²) in [5.74, 6) is 2.26. The molecule has 4 nitrogen and oxygen atoms in total. The maximum atomic E-state index is 6.14. The minimum absolute atomic E-state index is 0.129. The molecule has 0 amide bonds. The van der Waals surface area contributed by atoms with Gasteiger partial charge in [0, 0.05) is 12.5 Å². The van der Waals surface area contributed by atoms with Crippen molar-refractivity contribution in [1.82, 2.24) is 0 Å². The Bertz CT molecular complexity index is 494. The van der Waals surface area contributed by atoms with Crippen molar-refractivity contribution in [3.63, 3.8) is 0 Å². The smallest absolute Gasteiger partial charge is 0.161 e. The van der Waals surface area contributed by atoms with E-state index in [1.807, 2.05) is 30.3 Å². The highest BCUT2D eigenvalue weighted by Crippen LogP contribution is 2.30. The molecule has 0 aliphatic rings. The zero-order valence-corrected chi connectivity index (χ0v) is 10.6. The first-order valence-corrected chi connectivity index (χ1v) is 5.74. The number of rotatable bonds is 5. The number of benzene rings is 1. The maximum Gasteiger partial charge on any atom is 0.161 e. The fourth-order valence-electron chi connectivity index (χ4n) is 1.85. The van der Waals surface area contributed by atoms with Crippen LogP contribution in [0, 0.1) is 0 Å². The Morgan fingerprint density at radius 1 is 1.17 bits per heavy atom. The molecule has 1 aromatic heterocycles. The van der Waals surface area contributed by atoms with Crippen LogP contribution >= 0.6 is 0 Å². The van der Waals surface area contributed by atoms with Crippen LogP contribution in [0.4, 0.5) is 0 Å². The van der Waals surface area contributed by atoms with E-state index < -0.39 is 0 Å². The van der Waals surface area contributed by atoms with Crippen LogP contribution in [0.25, 0.3) is 0 Å². The van der Waals surface area contributed by atoms with Crippen molar-refractivity contribution in [2.24, 2.45) is 5.73 Å². The third kappa shape index (κ3) is 2.65. The third-order valence-electron chi connectivity index (χ3n) is 2.84. The number of hydrogen-bond acceptors (Lipinski definition) is 4. The molecule has 1 heterocycles. The van der Waals surface area contributed by atoms with Crippen LogP contribution in [0.3, 0.4) is 0 Å². The van der Waals surface area contributed by atoms with Gasteiger partial charge in [0.15, 0.2) is 11.5 Å². The minimum Gasteiger partial charge on any atom is -0.493 e. The Labute approximate surface area is 106 Å². The Morgan fingerprint density at radius 3 is 2.56 bits per heavy atom. The molecule has 4 heteroatoms. The molecule has 1 unspecified atom stereocenters. The van der Waals surface area contributed by atoms with Gasteiger partial charge in [0.25, 0.3) is 0 Å². The number of hydrogen-bond donors (Lipinski definition) is 1. The molecule has 0 aliphatic heterocycles. The molecule has 96 valence electrons. The highest BCUT2D eigenvalue weighted by atomic mass is 16.5. The summed E-state index contributed by atoms with van der Waals surface area (Å²) in [7, 11) is 3.22. The molecule has 0 fully saturated rings. The Hall–Kier alpha value is -1.94. The molecule has 0 aliphatic carbocycles. The molecule has 0 saturated carbocycles. The van der Waals surface area contributed by atoms with E-state index in [9.17, 15) is 0 Å². The van der Waals surface area contributed by atoms with E-state index in [2.05, 4.69) is 0 Å². The van der Waals surface area contributed by atoms with E-state index in [1.54, 1.807) is 20.5 Å². The van der Waals surface area contributed by atoms with E-state index >= 15 is 0 Å². The third-order valence-corrected chi connectivity index (χ3v) is 2.84. The van der Waals surface area contributed by atoms with Gasteiger partial charge < -0.3 is 19.6 Å². The van der Waals surface area contributed by atoms with Gasteiger partial charge in [-0.15, -0.1) is 0 Å². The van der Waals surface area contributed by atoms with Gasteiger partial charge in [-0.3, -0.25) is 0 Å². The zero-order valence-electron chi connectivity index (χ0n) is 10.6. The average Bonchev–Trinajstić information content (AvgIpc) is 2.90. The largest absolute Gasteiger partial charge is 0.493 e. The summed E-state index contributed by atoms with van der Waals surface area (Å²) in [6.07, 6.45) is 2.30. The lowest BCUT2D eigenvalue weighted by Gasteiger charge is -2.14. The standard InChI is InChI=1S/C14H17NO3/c1-16-13-6-5-10(8-14(13)17-2)12(15)9-11-4-3-7-18-11/h3-8,12H,9,15H2,1-2H3. The van der Waals surface area contributed by atoms with Crippen molar-refractivity contribution in [2.75, 3.05) is 14.2 Å². The molecule has 1 atom stereocenters. The molecule has 0 radical (unpaired) electrons. The van der Waals surface area contributed by atoms with Crippen LogP contribution in [0.15, 0.2) is 41.0 Å². The summed E-state index contributed by atoms with van der Waals surface area (Å²) < 4.78 is 15.7. The highest BCUT2D eigenvalue weighted by molar-refractivity contribution is 5.43. The van der Waals surface area contributed by atoms with Crippen LogP contribution in [0.2, 0.25) is 0 Å². The van der Waals surface area contributed by atoms with Crippen LogP contribution in [-0.2, 0) is 6.42 Å². The fourth-order valence-corrected chi connectivity index (χ4v) is 1.85. The second-order valence-corrected chi connectivity index (χ2v) is 4.00. The minimum atomic E-state index is -0.129. The van der Waals surface area contributed by atoms with E-state index in [0.29, 0.717) is 17.9 Å². The Balaban J connectivity index is 2.17. The van der Waals surface area contributed by atoms with Crippen LogP contribution in [0.5, 0.6) is 11.5 Å². The van der Waals surface area contributed by atoms with Crippen molar-refractivity contribution < 1.29 is 13.9 Å². The van der Waals surface area contributed by atoms with E-state index in [-0.39, 0.29) is 6.04 Å². The van der Waals surface area contributed by atoms with Crippen LogP contribution < -0.4 is 15.2 Å². The fraction of sp³-hybridized carbons (Fsp3) is 0.286. The second-order valence-electron chi connectivity index (χ2n) is 4.00. The summed E-state index contributed by atoms with van der Waals surface area (Å²) in [4.78, 5) is 0. The molecular formula is C14H17NO3. The van der Waals surface area contributed by atoms with Gasteiger partial charge in [-0.2, -0.15) is 0 Å². The molecule has 0 bridgehead atoms. The number of methoxy groups -OCH3 is 2. The number of nitrogens with two attached hydrogens (primary N) is 1. The topological polar surface area (TPSA) is 57.6 Å². The lowest BCUT2D eigenvalue weighted by molar-refractivity contribution is 0.354. The summed E-state index contributed by atoms with van der Waals surface area (Å²) in [6.45, 7) is 0. The quantitative estimate of drug-likeness (QED) is 0.882. The zero-order chi connectivity index (χ0) is 13.0. The molecule has 0 spiro atoms. The van der Waals surface area contributed by atoms with Crippen molar-refractivity contribution in [3.05, 3.63) is 47.9 Å². The van der Waals surface area contributed by atoms with Crippen molar-refractivity contribution in [2.45, 2.75) is 12.5 Å².